The average Bonchev–Trinajstić information content (AvgIpc) is 3.31. The van der Waals surface area contributed by atoms with Crippen molar-refractivity contribution in [3.8, 4) is 0 Å². The standard InChI is InChI=1S/C15H15N7O2/c1-9-19-21(7-14(23)18-13-4-5-16-8-17-13)15(24)12-6-11(10-2-3-10)20-22(9)12/h4-6,8,10H,2-3,7H2,1H3,(H,16,17,18,23). The van der Waals surface area contributed by atoms with E-state index in [4.69, 9.17) is 0 Å². The van der Waals surface area contributed by atoms with E-state index in [1.165, 1.54) is 12.5 Å². The topological polar surface area (TPSA) is 107 Å². The lowest BCUT2D eigenvalue weighted by Gasteiger charge is -2.07. The van der Waals surface area contributed by atoms with Gasteiger partial charge < -0.3 is 5.32 Å². The molecule has 3 aromatic rings. The smallest absolute Gasteiger partial charge is 0.293 e. The third-order valence-electron chi connectivity index (χ3n) is 3.89. The van der Waals surface area contributed by atoms with Crippen molar-refractivity contribution in [1.29, 1.82) is 0 Å². The highest BCUT2D eigenvalue weighted by molar-refractivity contribution is 5.89. The van der Waals surface area contributed by atoms with Crippen molar-refractivity contribution in [2.75, 3.05) is 5.32 Å². The van der Waals surface area contributed by atoms with Crippen LogP contribution in [-0.2, 0) is 11.3 Å². The van der Waals surface area contributed by atoms with Crippen molar-refractivity contribution in [2.24, 2.45) is 0 Å². The zero-order chi connectivity index (χ0) is 16.7. The molecule has 122 valence electrons. The van der Waals surface area contributed by atoms with Crippen LogP contribution in [0.4, 0.5) is 5.82 Å². The van der Waals surface area contributed by atoms with E-state index in [1.54, 1.807) is 23.6 Å². The number of nitrogens with one attached hydrogen (secondary N) is 1. The number of nitrogens with zero attached hydrogens (tertiary/aromatic N) is 6. The molecule has 3 aromatic heterocycles. The normalized spacial score (nSPS) is 14.0. The van der Waals surface area contributed by atoms with Crippen molar-refractivity contribution in [1.82, 2.24) is 29.4 Å². The molecular weight excluding hydrogens is 310 g/mol. The molecule has 3 heterocycles. The van der Waals surface area contributed by atoms with E-state index in [-0.39, 0.29) is 18.0 Å². The van der Waals surface area contributed by atoms with Gasteiger partial charge in [0.15, 0.2) is 0 Å². The van der Waals surface area contributed by atoms with Crippen LogP contribution in [-0.4, -0.2) is 35.3 Å². The molecule has 24 heavy (non-hydrogen) atoms. The van der Waals surface area contributed by atoms with Gasteiger partial charge in [0.1, 0.15) is 30.0 Å². The Morgan fingerprint density at radius 1 is 1.38 bits per heavy atom. The summed E-state index contributed by atoms with van der Waals surface area (Å²) >= 11 is 0. The molecule has 9 nitrogen and oxygen atoms in total. The maximum absolute atomic E-state index is 12.6. The summed E-state index contributed by atoms with van der Waals surface area (Å²) in [5, 5.41) is 11.2. The van der Waals surface area contributed by atoms with Crippen LogP contribution >= 0.6 is 0 Å². The Morgan fingerprint density at radius 2 is 2.21 bits per heavy atom. The zero-order valence-corrected chi connectivity index (χ0v) is 13.0. The highest BCUT2D eigenvalue weighted by Gasteiger charge is 2.27. The molecular formula is C15H15N7O2. The number of hydrogen-bond acceptors (Lipinski definition) is 6. The number of carbonyl (C=O) groups excluding carboxylic acids is 1. The Balaban J connectivity index is 1.63. The van der Waals surface area contributed by atoms with Crippen LogP contribution in [0.15, 0.2) is 29.5 Å². The van der Waals surface area contributed by atoms with E-state index in [0.29, 0.717) is 23.1 Å². The Kier molecular flexibility index (Phi) is 3.33. The van der Waals surface area contributed by atoms with Gasteiger partial charge in [-0.15, -0.1) is 0 Å². The summed E-state index contributed by atoms with van der Waals surface area (Å²) < 4.78 is 2.70. The van der Waals surface area contributed by atoms with E-state index in [0.717, 1.165) is 23.2 Å². The van der Waals surface area contributed by atoms with Crippen LogP contribution in [0, 0.1) is 6.92 Å². The van der Waals surface area contributed by atoms with Gasteiger partial charge in [-0.25, -0.2) is 19.2 Å². The Hall–Kier alpha value is -3.10. The van der Waals surface area contributed by atoms with Crippen molar-refractivity contribution in [3.63, 3.8) is 0 Å². The first-order chi connectivity index (χ1) is 11.6. The van der Waals surface area contributed by atoms with Crippen molar-refractivity contribution in [2.45, 2.75) is 32.2 Å². The van der Waals surface area contributed by atoms with E-state index >= 15 is 0 Å². The number of rotatable bonds is 4. The molecule has 0 saturated heterocycles. The van der Waals surface area contributed by atoms with Crippen LogP contribution < -0.4 is 10.9 Å². The van der Waals surface area contributed by atoms with Crippen LogP contribution in [0.3, 0.4) is 0 Å². The minimum atomic E-state index is -0.381. The second-order valence-corrected chi connectivity index (χ2v) is 5.79. The Labute approximate surface area is 136 Å². The van der Waals surface area contributed by atoms with Gasteiger partial charge in [0, 0.05) is 12.1 Å². The lowest BCUT2D eigenvalue weighted by atomic mass is 10.3. The molecule has 0 atom stereocenters. The molecule has 0 bridgehead atoms. The molecule has 1 N–H and O–H groups in total. The van der Waals surface area contributed by atoms with Crippen LogP contribution in [0.25, 0.3) is 5.52 Å². The molecule has 0 radical (unpaired) electrons. The van der Waals surface area contributed by atoms with Crippen molar-refractivity contribution < 1.29 is 4.79 Å². The van der Waals surface area contributed by atoms with E-state index in [2.05, 4.69) is 25.5 Å². The van der Waals surface area contributed by atoms with Gasteiger partial charge in [-0.2, -0.15) is 10.2 Å². The summed E-state index contributed by atoms with van der Waals surface area (Å²) in [6.45, 7) is 1.57. The highest BCUT2D eigenvalue weighted by atomic mass is 16.2. The molecule has 1 fully saturated rings. The molecule has 1 aliphatic carbocycles. The van der Waals surface area contributed by atoms with Gasteiger partial charge in [0.25, 0.3) is 5.56 Å². The predicted molar refractivity (Wildman–Crippen MR) is 84.6 cm³/mol. The minimum absolute atomic E-state index is 0.190. The van der Waals surface area contributed by atoms with Gasteiger partial charge >= 0.3 is 0 Å². The number of carbonyl (C=O) groups is 1. The molecule has 0 aromatic carbocycles. The summed E-state index contributed by atoms with van der Waals surface area (Å²) in [7, 11) is 0. The van der Waals surface area contributed by atoms with Gasteiger partial charge in [0.05, 0.1) is 5.69 Å². The highest BCUT2D eigenvalue weighted by Crippen LogP contribution is 2.39. The average molecular weight is 325 g/mol. The second kappa shape index (κ2) is 5.52. The first-order valence-corrected chi connectivity index (χ1v) is 7.65. The molecule has 1 amide bonds. The summed E-state index contributed by atoms with van der Waals surface area (Å²) in [4.78, 5) is 32.4. The number of amides is 1. The Bertz CT molecular complexity index is 973. The van der Waals surface area contributed by atoms with E-state index in [1.807, 2.05) is 0 Å². The predicted octanol–water partition coefficient (Wildman–Crippen LogP) is 0.506. The summed E-state index contributed by atoms with van der Waals surface area (Å²) in [5.41, 5.74) is 1.03. The molecule has 0 unspecified atom stereocenters. The molecule has 1 aliphatic rings. The summed E-state index contributed by atoms with van der Waals surface area (Å²) in [6, 6.07) is 3.37. The second-order valence-electron chi connectivity index (χ2n) is 5.79. The van der Waals surface area contributed by atoms with Gasteiger partial charge in [-0.05, 0) is 31.9 Å². The lowest BCUT2D eigenvalue weighted by Crippen LogP contribution is -2.32. The fourth-order valence-electron chi connectivity index (χ4n) is 2.56. The number of fused-ring (bicyclic) bond motifs is 1. The number of aromatic nitrogens is 6. The first-order valence-electron chi connectivity index (χ1n) is 7.65. The van der Waals surface area contributed by atoms with Crippen LogP contribution in [0.5, 0.6) is 0 Å². The van der Waals surface area contributed by atoms with Gasteiger partial charge in [0.2, 0.25) is 5.91 Å². The van der Waals surface area contributed by atoms with Gasteiger partial charge in [-0.1, -0.05) is 0 Å². The molecule has 1 saturated carbocycles. The summed E-state index contributed by atoms with van der Waals surface area (Å²) in [5.74, 6) is 1.000. The summed E-state index contributed by atoms with van der Waals surface area (Å²) in [6.07, 6.45) is 5.06. The molecule has 0 spiro atoms. The maximum atomic E-state index is 12.6. The monoisotopic (exact) mass is 325 g/mol. The largest absolute Gasteiger partial charge is 0.309 e. The first kappa shape index (κ1) is 14.5. The third kappa shape index (κ3) is 2.64. The third-order valence-corrected chi connectivity index (χ3v) is 3.89. The fraction of sp³-hybridized carbons (Fsp3) is 0.333. The maximum Gasteiger partial charge on any atom is 0.293 e. The number of hydrogen-bond donors (Lipinski definition) is 1. The van der Waals surface area contributed by atoms with E-state index < -0.39 is 0 Å². The molecule has 9 heteroatoms. The van der Waals surface area contributed by atoms with Gasteiger partial charge in [-0.3, -0.25) is 9.59 Å². The van der Waals surface area contributed by atoms with E-state index in [9.17, 15) is 9.59 Å². The fourth-order valence-corrected chi connectivity index (χ4v) is 2.56. The molecule has 4 rings (SSSR count). The quantitative estimate of drug-likeness (QED) is 0.749. The number of aryl methyl sites for hydroxylation is 1. The zero-order valence-electron chi connectivity index (χ0n) is 13.0. The van der Waals surface area contributed by atoms with Crippen LogP contribution in [0.2, 0.25) is 0 Å². The van der Waals surface area contributed by atoms with Crippen LogP contribution in [0.1, 0.15) is 30.3 Å². The SMILES string of the molecule is Cc1nn(CC(=O)Nc2ccncn2)c(=O)c2cc(C3CC3)nn12. The minimum Gasteiger partial charge on any atom is -0.309 e. The Morgan fingerprint density at radius 3 is 2.92 bits per heavy atom. The molecule has 0 aliphatic heterocycles. The lowest BCUT2D eigenvalue weighted by molar-refractivity contribution is -0.117. The van der Waals surface area contributed by atoms with Crippen molar-refractivity contribution in [3.05, 3.63) is 46.5 Å². The number of anilines is 1. The van der Waals surface area contributed by atoms with Crippen molar-refractivity contribution >= 4 is 17.2 Å².